The van der Waals surface area contributed by atoms with Gasteiger partial charge in [0.1, 0.15) is 0 Å². The Morgan fingerprint density at radius 2 is 0.658 bits per heavy atom. The summed E-state index contributed by atoms with van der Waals surface area (Å²) in [6.45, 7) is 8.69. The highest BCUT2D eigenvalue weighted by molar-refractivity contribution is 7.14. The van der Waals surface area contributed by atoms with Crippen molar-refractivity contribution in [2.45, 2.75) is 26.2 Å². The van der Waals surface area contributed by atoms with E-state index in [4.69, 9.17) is 12.3 Å². The van der Waals surface area contributed by atoms with E-state index in [1.165, 1.54) is 32.7 Å². The molecule has 190 valence electrons. The van der Waals surface area contributed by atoms with Gasteiger partial charge < -0.3 is 12.3 Å². The highest BCUT2D eigenvalue weighted by Crippen LogP contribution is 2.58. The van der Waals surface area contributed by atoms with E-state index in [-0.39, 0.29) is 0 Å². The van der Waals surface area contributed by atoms with Gasteiger partial charge in [0.05, 0.1) is 0 Å². The van der Waals surface area contributed by atoms with Gasteiger partial charge >= 0.3 is 25.7 Å². The molecule has 0 saturated carbocycles. The minimum Gasteiger partial charge on any atom is -0.416 e. The van der Waals surface area contributed by atoms with E-state index in [1.807, 2.05) is 0 Å². The number of hydrogen-bond acceptors (Lipinski definition) is 3. The molecule has 0 aliphatic carbocycles. The maximum absolute atomic E-state index is 7.35. The Balaban J connectivity index is 1.81. The van der Waals surface area contributed by atoms with E-state index in [0.29, 0.717) is 0 Å². The second-order valence-corrected chi connectivity index (χ2v) is 21.0. The molecule has 0 N–H and O–H groups in total. The zero-order valence-corrected chi connectivity index (χ0v) is 25.3. The zero-order chi connectivity index (χ0) is 26.4. The van der Waals surface area contributed by atoms with Gasteiger partial charge in [-0.05, 0) is 59.6 Å². The van der Waals surface area contributed by atoms with Crippen molar-refractivity contribution in [3.05, 3.63) is 144 Å². The van der Waals surface area contributed by atoms with Crippen LogP contribution < -0.4 is 0 Å². The van der Waals surface area contributed by atoms with E-state index in [0.717, 1.165) is 11.1 Å². The van der Waals surface area contributed by atoms with Gasteiger partial charge in [0.15, 0.2) is 0 Å². The number of benzene rings is 4. The second-order valence-electron chi connectivity index (χ2n) is 10.7. The van der Waals surface area contributed by atoms with Gasteiger partial charge in [0.2, 0.25) is 0 Å². The fraction of sp³-hybridized carbons (Fsp3) is 0.125. The lowest BCUT2D eigenvalue weighted by atomic mass is 9.89. The number of rotatable bonds is 4. The molecule has 6 heteroatoms. The van der Waals surface area contributed by atoms with Crippen LogP contribution in [0.15, 0.2) is 121 Å². The minimum atomic E-state index is -3.26. The number of allylic oxidation sites excluding steroid dienone is 2. The van der Waals surface area contributed by atoms with Crippen LogP contribution in [-0.2, 0) is 12.3 Å². The first-order valence-electron chi connectivity index (χ1n) is 13.1. The molecule has 0 unspecified atom stereocenters. The van der Waals surface area contributed by atoms with Gasteiger partial charge in [-0.15, -0.1) is 0 Å². The summed E-state index contributed by atoms with van der Waals surface area (Å²) < 4.78 is 21.3. The first kappa shape index (κ1) is 25.2. The largest absolute Gasteiger partial charge is 0.416 e. The average Bonchev–Trinajstić information content (AvgIpc) is 3.17. The molecule has 3 nitrogen and oxygen atoms in total. The molecule has 6 rings (SSSR count). The van der Waals surface area contributed by atoms with Crippen molar-refractivity contribution in [1.29, 1.82) is 0 Å². The van der Waals surface area contributed by atoms with Gasteiger partial charge in [-0.1, -0.05) is 121 Å². The molecule has 2 aliphatic rings. The standard InChI is InChI=1S/C32H32O3Si3/c1-36(2)33-37(3,4)35-38(34-36)31(27-21-13-7-14-22-27)29(25-17-9-5-10-18-25)30(26-19-11-6-12-20-26)32(38)28-23-15-8-16-24-28/h5-24H,1-4H3. The van der Waals surface area contributed by atoms with Gasteiger partial charge in [0.25, 0.3) is 0 Å². The highest BCUT2D eigenvalue weighted by atomic mass is 28.5. The predicted octanol–water partition coefficient (Wildman–Crippen LogP) is 8.21. The lowest BCUT2D eigenvalue weighted by Crippen LogP contribution is -2.67. The molecule has 1 saturated heterocycles. The van der Waals surface area contributed by atoms with Crippen LogP contribution in [0.1, 0.15) is 22.3 Å². The summed E-state index contributed by atoms with van der Waals surface area (Å²) in [5, 5.41) is 2.37. The molecule has 1 fully saturated rings. The third-order valence-corrected chi connectivity index (χ3v) is 19.5. The van der Waals surface area contributed by atoms with Crippen molar-refractivity contribution in [2.24, 2.45) is 0 Å². The molecule has 0 bridgehead atoms. The molecule has 0 radical (unpaired) electrons. The average molecular weight is 549 g/mol. The maximum Gasteiger partial charge on any atom is 0.392 e. The van der Waals surface area contributed by atoms with Crippen LogP contribution in [-0.4, -0.2) is 25.7 Å². The van der Waals surface area contributed by atoms with Crippen LogP contribution in [0, 0.1) is 0 Å². The normalized spacial score (nSPS) is 19.7. The maximum atomic E-state index is 7.35. The molecule has 0 aromatic heterocycles. The molecule has 38 heavy (non-hydrogen) atoms. The Hall–Kier alpha value is -3.11. The summed E-state index contributed by atoms with van der Waals surface area (Å²) >= 11 is 0. The Morgan fingerprint density at radius 1 is 0.368 bits per heavy atom. The van der Waals surface area contributed by atoms with E-state index in [1.54, 1.807) is 0 Å². The van der Waals surface area contributed by atoms with Crippen molar-refractivity contribution < 1.29 is 12.3 Å². The molecule has 2 heterocycles. The van der Waals surface area contributed by atoms with E-state index in [2.05, 4.69) is 148 Å². The van der Waals surface area contributed by atoms with Gasteiger partial charge in [0, 0.05) is 10.4 Å². The molecular weight excluding hydrogens is 517 g/mol. The molecular formula is C32H32O3Si3. The predicted molar refractivity (Wildman–Crippen MR) is 163 cm³/mol. The fourth-order valence-corrected chi connectivity index (χ4v) is 22.0. The van der Waals surface area contributed by atoms with Crippen LogP contribution >= 0.6 is 0 Å². The molecule has 4 aromatic rings. The van der Waals surface area contributed by atoms with Crippen LogP contribution in [0.4, 0.5) is 0 Å². The van der Waals surface area contributed by atoms with Crippen molar-refractivity contribution >= 4 is 47.2 Å². The SMILES string of the molecule is C[Si]1(C)O[Si](C)(C)O[Si]2(O1)C(c1ccccc1)=C(c1ccccc1)C(c1ccccc1)=C2c1ccccc1. The summed E-state index contributed by atoms with van der Waals surface area (Å²) in [6, 6.07) is 42.9. The Bertz CT molecular complexity index is 1400. The van der Waals surface area contributed by atoms with Gasteiger partial charge in [-0.25, -0.2) is 0 Å². The van der Waals surface area contributed by atoms with Crippen molar-refractivity contribution in [1.82, 2.24) is 0 Å². The second kappa shape index (κ2) is 9.57. The molecule has 2 aliphatic heterocycles. The Morgan fingerprint density at radius 3 is 0.974 bits per heavy atom. The first-order chi connectivity index (χ1) is 18.3. The quantitative estimate of drug-likeness (QED) is 0.241. The van der Waals surface area contributed by atoms with E-state index in [9.17, 15) is 0 Å². The summed E-state index contributed by atoms with van der Waals surface area (Å²) in [5.41, 5.74) is 7.03. The monoisotopic (exact) mass is 548 g/mol. The summed E-state index contributed by atoms with van der Waals surface area (Å²) in [4.78, 5) is 0. The van der Waals surface area contributed by atoms with Crippen molar-refractivity contribution in [3.8, 4) is 0 Å². The fourth-order valence-electron chi connectivity index (χ4n) is 5.92. The van der Waals surface area contributed by atoms with Crippen LogP contribution in [0.3, 0.4) is 0 Å². The topological polar surface area (TPSA) is 27.7 Å². The van der Waals surface area contributed by atoms with Crippen molar-refractivity contribution in [2.75, 3.05) is 0 Å². The molecule has 0 amide bonds. The third kappa shape index (κ3) is 4.43. The summed E-state index contributed by atoms with van der Waals surface area (Å²) in [7, 11) is -8.35. The highest BCUT2D eigenvalue weighted by Gasteiger charge is 2.64. The minimum absolute atomic E-state index is 1.15. The van der Waals surface area contributed by atoms with Crippen LogP contribution in [0.25, 0.3) is 21.5 Å². The van der Waals surface area contributed by atoms with Gasteiger partial charge in [-0.3, -0.25) is 0 Å². The summed E-state index contributed by atoms with van der Waals surface area (Å²) in [6.07, 6.45) is 0. The Labute approximate surface area is 228 Å². The smallest absolute Gasteiger partial charge is 0.392 e. The number of hydrogen-bond donors (Lipinski definition) is 0. The molecule has 1 spiro atoms. The lowest BCUT2D eigenvalue weighted by molar-refractivity contribution is 0.249. The molecule has 0 atom stereocenters. The van der Waals surface area contributed by atoms with Crippen LogP contribution in [0.2, 0.25) is 26.2 Å². The first-order valence-corrected chi connectivity index (χ1v) is 20.6. The van der Waals surface area contributed by atoms with Gasteiger partial charge in [-0.2, -0.15) is 0 Å². The molecule has 4 aromatic carbocycles. The van der Waals surface area contributed by atoms with E-state index >= 15 is 0 Å². The van der Waals surface area contributed by atoms with Crippen LogP contribution in [0.5, 0.6) is 0 Å². The lowest BCUT2D eigenvalue weighted by Gasteiger charge is -2.49. The van der Waals surface area contributed by atoms with Crippen molar-refractivity contribution in [3.63, 3.8) is 0 Å². The zero-order valence-electron chi connectivity index (χ0n) is 22.3. The third-order valence-electron chi connectivity index (χ3n) is 6.93. The Kier molecular flexibility index (Phi) is 6.34. The van der Waals surface area contributed by atoms with E-state index < -0.39 is 25.7 Å². The summed E-state index contributed by atoms with van der Waals surface area (Å²) in [5.74, 6) is 0.